The van der Waals surface area contributed by atoms with Gasteiger partial charge in [0.05, 0.1) is 24.8 Å². The van der Waals surface area contributed by atoms with E-state index in [0.717, 1.165) is 15.8 Å². The van der Waals surface area contributed by atoms with Gasteiger partial charge in [0.1, 0.15) is 11.2 Å². The highest BCUT2D eigenvalue weighted by Gasteiger charge is 2.46. The number of hydrogen-bond donors (Lipinski definition) is 1. The molecular formula is C12H13BrO4. The summed E-state index contributed by atoms with van der Waals surface area (Å²) in [6.07, 6.45) is 0.477. The van der Waals surface area contributed by atoms with E-state index in [1.165, 1.54) is 0 Å². The molecule has 1 aliphatic heterocycles. The number of aliphatic carboxylic acids is 1. The maximum atomic E-state index is 11.2. The molecule has 0 unspecified atom stereocenters. The molecule has 1 fully saturated rings. The van der Waals surface area contributed by atoms with Crippen molar-refractivity contribution in [2.24, 2.45) is 5.41 Å². The minimum absolute atomic E-state index is 0.284. The molecule has 0 bridgehead atoms. The van der Waals surface area contributed by atoms with Gasteiger partial charge in [0.15, 0.2) is 0 Å². The number of halogens is 1. The van der Waals surface area contributed by atoms with Crippen LogP contribution in [-0.4, -0.2) is 31.4 Å². The zero-order valence-electron chi connectivity index (χ0n) is 9.40. The first kappa shape index (κ1) is 12.4. The Morgan fingerprint density at radius 2 is 2.29 bits per heavy atom. The Balaban J connectivity index is 2.18. The van der Waals surface area contributed by atoms with Crippen LogP contribution in [0.15, 0.2) is 22.7 Å². The number of carboxylic acid groups (broad SMARTS) is 1. The fourth-order valence-electron chi connectivity index (χ4n) is 1.86. The molecule has 92 valence electrons. The first-order chi connectivity index (χ1) is 8.07. The Morgan fingerprint density at radius 3 is 2.71 bits per heavy atom. The first-order valence-corrected chi connectivity index (χ1v) is 6.00. The second-order valence-electron chi connectivity index (χ2n) is 4.22. The van der Waals surface area contributed by atoms with Crippen LogP contribution in [0.25, 0.3) is 0 Å². The quantitative estimate of drug-likeness (QED) is 0.925. The van der Waals surface area contributed by atoms with E-state index in [4.69, 9.17) is 9.47 Å². The molecule has 17 heavy (non-hydrogen) atoms. The van der Waals surface area contributed by atoms with E-state index in [1.54, 1.807) is 7.11 Å². The zero-order chi connectivity index (χ0) is 12.5. The molecule has 0 amide bonds. The van der Waals surface area contributed by atoms with Crippen molar-refractivity contribution in [1.82, 2.24) is 0 Å². The summed E-state index contributed by atoms with van der Waals surface area (Å²) in [4.78, 5) is 11.2. The van der Waals surface area contributed by atoms with Crippen molar-refractivity contribution in [2.75, 3.05) is 20.3 Å². The molecule has 0 aliphatic carbocycles. The third-order valence-electron chi connectivity index (χ3n) is 2.97. The summed E-state index contributed by atoms with van der Waals surface area (Å²) in [5.74, 6) is -0.0568. The zero-order valence-corrected chi connectivity index (χ0v) is 11.0. The van der Waals surface area contributed by atoms with Crippen molar-refractivity contribution >= 4 is 21.9 Å². The van der Waals surface area contributed by atoms with E-state index in [9.17, 15) is 9.90 Å². The molecule has 1 aromatic carbocycles. The number of methoxy groups -OCH3 is 1. The molecule has 5 heteroatoms. The van der Waals surface area contributed by atoms with Crippen molar-refractivity contribution < 1.29 is 19.4 Å². The van der Waals surface area contributed by atoms with Crippen LogP contribution in [0.5, 0.6) is 5.75 Å². The topological polar surface area (TPSA) is 55.8 Å². The van der Waals surface area contributed by atoms with Crippen LogP contribution in [-0.2, 0) is 16.0 Å². The van der Waals surface area contributed by atoms with E-state index in [2.05, 4.69) is 15.9 Å². The summed E-state index contributed by atoms with van der Waals surface area (Å²) in [5, 5.41) is 9.20. The second-order valence-corrected chi connectivity index (χ2v) is 5.08. The average Bonchev–Trinajstić information content (AvgIpc) is 2.23. The Kier molecular flexibility index (Phi) is 3.40. The van der Waals surface area contributed by atoms with Crippen molar-refractivity contribution in [3.8, 4) is 5.75 Å². The third-order valence-corrected chi connectivity index (χ3v) is 3.59. The summed E-state index contributed by atoms with van der Waals surface area (Å²) in [7, 11) is 1.60. The van der Waals surface area contributed by atoms with Gasteiger partial charge in [-0.25, -0.2) is 0 Å². The van der Waals surface area contributed by atoms with Crippen molar-refractivity contribution in [3.63, 3.8) is 0 Å². The maximum absolute atomic E-state index is 11.2. The molecule has 1 heterocycles. The molecule has 1 saturated heterocycles. The number of carbonyl (C=O) groups is 1. The summed E-state index contributed by atoms with van der Waals surface area (Å²) >= 11 is 3.39. The average molecular weight is 301 g/mol. The number of carboxylic acids is 1. The first-order valence-electron chi connectivity index (χ1n) is 5.21. The van der Waals surface area contributed by atoms with E-state index in [0.29, 0.717) is 6.42 Å². The van der Waals surface area contributed by atoms with Crippen LogP contribution in [0.2, 0.25) is 0 Å². The molecule has 1 N–H and O–H groups in total. The lowest BCUT2D eigenvalue weighted by Gasteiger charge is -2.37. The van der Waals surface area contributed by atoms with Crippen LogP contribution in [0.3, 0.4) is 0 Å². The molecular weight excluding hydrogens is 288 g/mol. The number of benzene rings is 1. The fraction of sp³-hybridized carbons (Fsp3) is 0.417. The molecule has 4 nitrogen and oxygen atoms in total. The SMILES string of the molecule is COc1ccc(CC2(C(=O)O)COC2)cc1Br. The predicted molar refractivity (Wildman–Crippen MR) is 65.3 cm³/mol. The number of rotatable bonds is 4. The van der Waals surface area contributed by atoms with Gasteiger partial charge < -0.3 is 14.6 Å². The highest BCUT2D eigenvalue weighted by Crippen LogP contribution is 2.34. The normalized spacial score (nSPS) is 17.3. The van der Waals surface area contributed by atoms with Gasteiger partial charge in [-0.2, -0.15) is 0 Å². The van der Waals surface area contributed by atoms with E-state index >= 15 is 0 Å². The number of hydrogen-bond acceptors (Lipinski definition) is 3. The van der Waals surface area contributed by atoms with Gasteiger partial charge in [-0.05, 0) is 40.0 Å². The highest BCUT2D eigenvalue weighted by molar-refractivity contribution is 9.10. The predicted octanol–water partition coefficient (Wildman–Crippen LogP) is 2.10. The lowest BCUT2D eigenvalue weighted by Crippen LogP contribution is -2.50. The smallest absolute Gasteiger partial charge is 0.314 e. The van der Waals surface area contributed by atoms with Crippen molar-refractivity contribution in [1.29, 1.82) is 0 Å². The molecule has 2 rings (SSSR count). The van der Waals surface area contributed by atoms with E-state index in [-0.39, 0.29) is 13.2 Å². The van der Waals surface area contributed by atoms with Gasteiger partial charge in [0.25, 0.3) is 0 Å². The minimum Gasteiger partial charge on any atom is -0.496 e. The van der Waals surface area contributed by atoms with Crippen LogP contribution in [0, 0.1) is 5.41 Å². The maximum Gasteiger partial charge on any atom is 0.314 e. The Bertz CT molecular complexity index is 440. The standard InChI is InChI=1S/C12H13BrO4/c1-16-10-3-2-8(4-9(10)13)5-12(11(14)15)6-17-7-12/h2-4H,5-7H2,1H3,(H,14,15). The molecule has 0 aromatic heterocycles. The summed E-state index contributed by atoms with van der Waals surface area (Å²) in [6, 6.07) is 5.60. The second kappa shape index (κ2) is 4.66. The monoisotopic (exact) mass is 300 g/mol. The fourth-order valence-corrected chi connectivity index (χ4v) is 2.45. The van der Waals surface area contributed by atoms with Gasteiger partial charge in [-0.3, -0.25) is 4.79 Å². The summed E-state index contributed by atoms with van der Waals surface area (Å²) in [6.45, 7) is 0.567. The lowest BCUT2D eigenvalue weighted by atomic mass is 9.80. The number of ether oxygens (including phenoxy) is 2. The van der Waals surface area contributed by atoms with Gasteiger partial charge in [0.2, 0.25) is 0 Å². The largest absolute Gasteiger partial charge is 0.496 e. The molecule has 0 atom stereocenters. The Morgan fingerprint density at radius 1 is 1.59 bits per heavy atom. The Hall–Kier alpha value is -1.07. The molecule has 0 radical (unpaired) electrons. The van der Waals surface area contributed by atoms with Crippen LogP contribution < -0.4 is 4.74 Å². The van der Waals surface area contributed by atoms with Crippen LogP contribution >= 0.6 is 15.9 Å². The lowest BCUT2D eigenvalue weighted by molar-refractivity contribution is -0.179. The van der Waals surface area contributed by atoms with Crippen molar-refractivity contribution in [2.45, 2.75) is 6.42 Å². The molecule has 0 spiro atoms. The van der Waals surface area contributed by atoms with E-state index in [1.807, 2.05) is 18.2 Å². The molecule has 1 aliphatic rings. The van der Waals surface area contributed by atoms with Crippen molar-refractivity contribution in [3.05, 3.63) is 28.2 Å². The van der Waals surface area contributed by atoms with Crippen LogP contribution in [0.1, 0.15) is 5.56 Å². The van der Waals surface area contributed by atoms with E-state index < -0.39 is 11.4 Å². The van der Waals surface area contributed by atoms with Gasteiger partial charge in [-0.1, -0.05) is 6.07 Å². The molecule has 1 aromatic rings. The molecule has 0 saturated carbocycles. The third kappa shape index (κ3) is 2.30. The van der Waals surface area contributed by atoms with Crippen LogP contribution in [0.4, 0.5) is 0 Å². The summed E-state index contributed by atoms with van der Waals surface area (Å²) in [5.41, 5.74) is 0.206. The van der Waals surface area contributed by atoms with Gasteiger partial charge >= 0.3 is 5.97 Å². The van der Waals surface area contributed by atoms with Gasteiger partial charge in [-0.15, -0.1) is 0 Å². The Labute approximate surface area is 108 Å². The highest BCUT2D eigenvalue weighted by atomic mass is 79.9. The minimum atomic E-state index is -0.796. The summed E-state index contributed by atoms with van der Waals surface area (Å²) < 4.78 is 11.0. The van der Waals surface area contributed by atoms with Gasteiger partial charge in [0, 0.05) is 0 Å².